The summed E-state index contributed by atoms with van der Waals surface area (Å²) >= 11 is 1.81. The third kappa shape index (κ3) is 5.61. The summed E-state index contributed by atoms with van der Waals surface area (Å²) in [6, 6.07) is 57.0. The van der Waals surface area contributed by atoms with Gasteiger partial charge in [-0.3, -0.25) is 0 Å². The monoisotopic (exact) mass is 812 g/mol. The Hall–Kier alpha value is -6.75. The lowest BCUT2D eigenvalue weighted by molar-refractivity contribution is 1.19. The lowest BCUT2D eigenvalue weighted by Crippen LogP contribution is -2.48. The number of fused-ring (bicyclic) bond motifs is 9. The fourth-order valence-electron chi connectivity index (χ4n) is 9.91. The van der Waals surface area contributed by atoms with Crippen LogP contribution in [0.2, 0.25) is 0 Å². The summed E-state index contributed by atoms with van der Waals surface area (Å²) in [5.74, 6) is 0. The Balaban J connectivity index is 1.15. The SMILES string of the molecule is [B]c1c([B])c([B])c2c(c1[B])c1c([B])c(-c3ccc4c(c3)c3cccc(-c5ccccc5)c3n4-c3ccc4sc5ccccc5c4c3)c([B])c([B])c1n2-c1cccc(-c2ccccc2)c1. The predicted molar refractivity (Wildman–Crippen MR) is 282 cm³/mol. The number of hydrogen-bond acceptors (Lipinski definition) is 1. The Kier molecular flexibility index (Phi) is 8.91. The molecule has 0 fully saturated rings. The Morgan fingerprint density at radius 2 is 0.938 bits per heavy atom. The van der Waals surface area contributed by atoms with E-state index in [1.807, 2.05) is 52.3 Å². The van der Waals surface area contributed by atoms with E-state index in [0.717, 1.165) is 61.0 Å². The standard InChI is InChI=1S/C54H27B7N2S/c55-45-42(46(56)50(60)53-43(45)44-47(57)48(58)49(59)51(61)54(44)63(53)32-16-9-15-30(25-32)28-11-3-1-4-12-28)31-21-23-39-37(26-31)36-19-10-18-34(29-13-5-2-6-14-29)52(36)62(39)33-22-24-41-38(27-33)35-17-7-8-20-40(35)64-41/h1-27H. The van der Waals surface area contributed by atoms with E-state index in [2.05, 4.69) is 132 Å². The summed E-state index contributed by atoms with van der Waals surface area (Å²) in [6.45, 7) is 0. The van der Waals surface area contributed by atoms with Gasteiger partial charge in [0.25, 0.3) is 0 Å². The van der Waals surface area contributed by atoms with Gasteiger partial charge in [-0.15, -0.1) is 22.3 Å². The first-order chi connectivity index (χ1) is 31.2. The molecule has 10 heteroatoms. The lowest BCUT2D eigenvalue weighted by Gasteiger charge is -2.19. The van der Waals surface area contributed by atoms with Crippen LogP contribution in [0.1, 0.15) is 0 Å². The van der Waals surface area contributed by atoms with Crippen molar-refractivity contribution in [2.75, 3.05) is 0 Å². The maximum absolute atomic E-state index is 7.43. The average Bonchev–Trinajstić information content (AvgIpc) is 4.01. The molecule has 3 heterocycles. The van der Waals surface area contributed by atoms with E-state index in [1.54, 1.807) is 0 Å². The van der Waals surface area contributed by atoms with Crippen LogP contribution >= 0.6 is 11.3 Å². The summed E-state index contributed by atoms with van der Waals surface area (Å²) < 4.78 is 6.84. The first-order valence-corrected chi connectivity index (χ1v) is 21.8. The van der Waals surface area contributed by atoms with Crippen molar-refractivity contribution in [2.24, 2.45) is 0 Å². The molecule has 64 heavy (non-hydrogen) atoms. The van der Waals surface area contributed by atoms with Crippen molar-refractivity contribution in [3.05, 3.63) is 164 Å². The molecular formula is C54H27B7N2S. The molecule has 3 aromatic heterocycles. The molecule has 280 valence electrons. The molecule has 12 aromatic rings. The smallest absolute Gasteiger partial charge is 0.115 e. The molecule has 14 radical (unpaired) electrons. The van der Waals surface area contributed by atoms with Crippen LogP contribution in [0, 0.1) is 0 Å². The highest BCUT2D eigenvalue weighted by Crippen LogP contribution is 2.42. The summed E-state index contributed by atoms with van der Waals surface area (Å²) in [5.41, 5.74) is 12.6. The summed E-state index contributed by atoms with van der Waals surface area (Å²) in [6.07, 6.45) is 0. The molecule has 0 spiro atoms. The Labute approximate surface area is 383 Å². The van der Waals surface area contributed by atoms with Crippen molar-refractivity contribution in [3.8, 4) is 44.8 Å². The van der Waals surface area contributed by atoms with Crippen molar-refractivity contribution < 1.29 is 0 Å². The molecule has 0 saturated carbocycles. The Morgan fingerprint density at radius 3 is 1.72 bits per heavy atom. The molecule has 0 amide bonds. The predicted octanol–water partition coefficient (Wildman–Crippen LogP) is 6.81. The van der Waals surface area contributed by atoms with Gasteiger partial charge in [-0.25, -0.2) is 0 Å². The molecular weight excluding hydrogens is 784 g/mol. The van der Waals surface area contributed by atoms with E-state index < -0.39 is 0 Å². The number of para-hydroxylation sites is 1. The summed E-state index contributed by atoms with van der Waals surface area (Å²) in [7, 11) is 48.9. The van der Waals surface area contributed by atoms with Crippen molar-refractivity contribution in [2.45, 2.75) is 0 Å². The van der Waals surface area contributed by atoms with Crippen LogP contribution < -0.4 is 38.2 Å². The molecule has 12 rings (SSSR count). The normalized spacial score (nSPS) is 11.9. The number of thiophene rings is 1. The molecule has 2 nitrogen and oxygen atoms in total. The van der Waals surface area contributed by atoms with Crippen molar-refractivity contribution in [1.29, 1.82) is 0 Å². The van der Waals surface area contributed by atoms with Gasteiger partial charge in [-0.05, 0) is 81.7 Å². The van der Waals surface area contributed by atoms with Crippen LogP contribution in [0.25, 0.3) is 109 Å². The average molecular weight is 812 g/mol. The molecule has 0 unspecified atom stereocenters. The minimum Gasteiger partial charge on any atom is -0.311 e. The minimum absolute atomic E-state index is 0.176. The van der Waals surface area contributed by atoms with Gasteiger partial charge in [0.05, 0.1) is 11.0 Å². The first kappa shape index (κ1) is 38.9. The van der Waals surface area contributed by atoms with Gasteiger partial charge in [0, 0.05) is 64.3 Å². The van der Waals surface area contributed by atoms with Crippen LogP contribution in [0.5, 0.6) is 0 Å². The maximum atomic E-state index is 7.43. The van der Waals surface area contributed by atoms with Crippen molar-refractivity contribution in [1.82, 2.24) is 9.13 Å². The van der Waals surface area contributed by atoms with Gasteiger partial charge in [-0.2, -0.15) is 0 Å². The van der Waals surface area contributed by atoms with E-state index in [9.17, 15) is 0 Å². The van der Waals surface area contributed by atoms with Gasteiger partial charge in [0.2, 0.25) is 0 Å². The van der Waals surface area contributed by atoms with Crippen molar-refractivity contribution >= 4 is 168 Å². The van der Waals surface area contributed by atoms with Crippen LogP contribution in [-0.2, 0) is 0 Å². The first-order valence-electron chi connectivity index (χ1n) is 21.0. The van der Waals surface area contributed by atoms with Gasteiger partial charge >= 0.3 is 0 Å². The fraction of sp³-hybridized carbons (Fsp3) is 0. The third-order valence-corrected chi connectivity index (χ3v) is 14.1. The highest BCUT2D eigenvalue weighted by atomic mass is 32.1. The number of nitrogens with zero attached hydrogens (tertiary/aromatic N) is 2. The number of rotatable bonds is 5. The zero-order chi connectivity index (χ0) is 43.5. The van der Waals surface area contributed by atoms with Crippen LogP contribution in [0.3, 0.4) is 0 Å². The summed E-state index contributed by atoms with van der Waals surface area (Å²) in [4.78, 5) is 0. The molecule has 9 aromatic carbocycles. The highest BCUT2D eigenvalue weighted by Gasteiger charge is 2.25. The fourth-order valence-corrected chi connectivity index (χ4v) is 11.0. The molecule has 0 aliphatic carbocycles. The number of aromatic nitrogens is 2. The van der Waals surface area contributed by atoms with Gasteiger partial charge in [-0.1, -0.05) is 143 Å². The summed E-state index contributed by atoms with van der Waals surface area (Å²) in [5, 5.41) is 5.71. The second-order valence-corrected chi connectivity index (χ2v) is 17.5. The number of benzene rings is 9. The van der Waals surface area contributed by atoms with Crippen LogP contribution in [-0.4, -0.2) is 64.1 Å². The highest BCUT2D eigenvalue weighted by molar-refractivity contribution is 7.25. The minimum atomic E-state index is 0.176. The second kappa shape index (κ2) is 14.7. The lowest BCUT2D eigenvalue weighted by atomic mass is 9.64. The maximum Gasteiger partial charge on any atom is 0.115 e. The van der Waals surface area contributed by atoms with E-state index in [-0.39, 0.29) is 21.9 Å². The molecule has 0 N–H and O–H groups in total. The van der Waals surface area contributed by atoms with E-state index in [0.29, 0.717) is 43.8 Å². The van der Waals surface area contributed by atoms with E-state index >= 15 is 0 Å². The Morgan fingerprint density at radius 1 is 0.328 bits per heavy atom. The quantitative estimate of drug-likeness (QED) is 0.169. The zero-order valence-electron chi connectivity index (χ0n) is 34.4. The number of hydrogen-bond donors (Lipinski definition) is 0. The van der Waals surface area contributed by atoms with Gasteiger partial charge < -0.3 is 9.13 Å². The van der Waals surface area contributed by atoms with Crippen LogP contribution in [0.4, 0.5) is 0 Å². The largest absolute Gasteiger partial charge is 0.311 e. The molecule has 0 bridgehead atoms. The van der Waals surface area contributed by atoms with Crippen LogP contribution in [0.15, 0.2) is 164 Å². The van der Waals surface area contributed by atoms with Gasteiger partial charge in [0.15, 0.2) is 0 Å². The van der Waals surface area contributed by atoms with Crippen molar-refractivity contribution in [3.63, 3.8) is 0 Å². The topological polar surface area (TPSA) is 9.86 Å². The molecule has 0 aliphatic heterocycles. The Bertz CT molecular complexity index is 3930. The van der Waals surface area contributed by atoms with E-state index in [4.69, 9.17) is 54.9 Å². The zero-order valence-corrected chi connectivity index (χ0v) is 35.2. The van der Waals surface area contributed by atoms with E-state index in [1.165, 1.54) is 20.2 Å². The second-order valence-electron chi connectivity index (χ2n) is 16.4. The molecule has 0 atom stereocenters. The molecule has 0 saturated heterocycles. The third-order valence-electron chi connectivity index (χ3n) is 12.9. The molecule has 0 aliphatic rings. The van der Waals surface area contributed by atoms with Gasteiger partial charge in [0.1, 0.15) is 54.9 Å².